The summed E-state index contributed by atoms with van der Waals surface area (Å²) >= 11 is 0. The molecule has 2 aromatic rings. The van der Waals surface area contributed by atoms with Crippen LogP contribution < -0.4 is 5.32 Å². The molecule has 3 heteroatoms. The van der Waals surface area contributed by atoms with Gasteiger partial charge in [0.25, 0.3) is 0 Å². The number of rotatable bonds is 2. The van der Waals surface area contributed by atoms with Crippen LogP contribution >= 0.6 is 0 Å². The number of fused-ring (bicyclic) bond motifs is 1. The molecule has 0 saturated heterocycles. The van der Waals surface area contributed by atoms with Crippen molar-refractivity contribution in [1.82, 2.24) is 4.98 Å². The van der Waals surface area contributed by atoms with Crippen molar-refractivity contribution in [3.05, 3.63) is 34.8 Å². The van der Waals surface area contributed by atoms with E-state index in [1.54, 1.807) is 13.0 Å². The Bertz CT molecular complexity index is 576. The number of hydrogen-bond acceptors (Lipinski definition) is 2. The lowest BCUT2D eigenvalue weighted by molar-refractivity contribution is 0.620. The number of nitrogens with zero attached hydrogens (tertiary/aromatic N) is 1. The van der Waals surface area contributed by atoms with Crippen LogP contribution in [0.2, 0.25) is 0 Å². The number of benzene rings is 1. The van der Waals surface area contributed by atoms with Gasteiger partial charge in [-0.3, -0.25) is 4.98 Å². The van der Waals surface area contributed by atoms with Crippen molar-refractivity contribution < 1.29 is 4.39 Å². The van der Waals surface area contributed by atoms with Gasteiger partial charge in [-0.05, 0) is 38.0 Å². The first kappa shape index (κ1) is 11.8. The summed E-state index contributed by atoms with van der Waals surface area (Å²) in [4.78, 5) is 4.58. The van der Waals surface area contributed by atoms with E-state index in [9.17, 15) is 4.39 Å². The molecule has 0 atom stereocenters. The Hall–Kier alpha value is -1.64. The molecule has 0 spiro atoms. The van der Waals surface area contributed by atoms with Gasteiger partial charge in [0, 0.05) is 29.4 Å². The van der Waals surface area contributed by atoms with Crippen LogP contribution in [-0.2, 0) is 6.42 Å². The van der Waals surface area contributed by atoms with Gasteiger partial charge in [0.1, 0.15) is 5.82 Å². The van der Waals surface area contributed by atoms with Gasteiger partial charge in [-0.25, -0.2) is 4.39 Å². The predicted molar refractivity (Wildman–Crippen MR) is 70.1 cm³/mol. The molecule has 1 aromatic heterocycles. The average molecular weight is 232 g/mol. The van der Waals surface area contributed by atoms with E-state index in [2.05, 4.69) is 24.1 Å². The normalized spacial score (nSPS) is 10.9. The smallest absolute Gasteiger partial charge is 0.128 e. The van der Waals surface area contributed by atoms with Gasteiger partial charge < -0.3 is 5.32 Å². The van der Waals surface area contributed by atoms with Gasteiger partial charge in [-0.15, -0.1) is 0 Å². The Balaban J connectivity index is 2.92. The third-order valence-electron chi connectivity index (χ3n) is 3.27. The number of nitrogens with one attached hydrogen (secondary N) is 1. The summed E-state index contributed by atoms with van der Waals surface area (Å²) in [5.74, 6) is -0.196. The maximum Gasteiger partial charge on any atom is 0.128 e. The lowest BCUT2D eigenvalue weighted by Crippen LogP contribution is -2.02. The second-order valence-electron chi connectivity index (χ2n) is 4.23. The van der Waals surface area contributed by atoms with E-state index in [1.165, 1.54) is 6.07 Å². The summed E-state index contributed by atoms with van der Waals surface area (Å²) in [7, 11) is 1.89. The summed E-state index contributed by atoms with van der Waals surface area (Å²) in [6.45, 7) is 5.89. The van der Waals surface area contributed by atoms with Gasteiger partial charge in [0.2, 0.25) is 0 Å². The Labute approximate surface area is 101 Å². The van der Waals surface area contributed by atoms with E-state index < -0.39 is 0 Å². The van der Waals surface area contributed by atoms with Crippen LogP contribution in [-0.4, -0.2) is 12.0 Å². The van der Waals surface area contributed by atoms with Crippen molar-refractivity contribution in [2.75, 3.05) is 12.4 Å². The molecule has 1 aromatic carbocycles. The zero-order valence-electron chi connectivity index (χ0n) is 10.7. The topological polar surface area (TPSA) is 24.9 Å². The number of aromatic nitrogens is 1. The molecule has 0 saturated carbocycles. The first-order chi connectivity index (χ1) is 8.10. The molecule has 2 rings (SSSR count). The monoisotopic (exact) mass is 232 g/mol. The minimum Gasteiger partial charge on any atom is -0.387 e. The molecule has 0 fully saturated rings. The first-order valence-corrected chi connectivity index (χ1v) is 5.86. The molecule has 90 valence electrons. The van der Waals surface area contributed by atoms with Gasteiger partial charge >= 0.3 is 0 Å². The van der Waals surface area contributed by atoms with Crippen LogP contribution in [0.4, 0.5) is 10.1 Å². The maximum atomic E-state index is 13.6. The molecule has 17 heavy (non-hydrogen) atoms. The quantitative estimate of drug-likeness (QED) is 0.855. The molecule has 0 aliphatic carbocycles. The highest BCUT2D eigenvalue weighted by molar-refractivity contribution is 5.95. The summed E-state index contributed by atoms with van der Waals surface area (Å²) in [5, 5.41) is 4.18. The molecule has 0 amide bonds. The zero-order valence-corrected chi connectivity index (χ0v) is 10.7. The van der Waals surface area contributed by atoms with Crippen LogP contribution in [0.25, 0.3) is 10.9 Å². The Morgan fingerprint density at radius 3 is 2.53 bits per heavy atom. The van der Waals surface area contributed by atoms with Crippen molar-refractivity contribution in [1.29, 1.82) is 0 Å². The standard InChI is InChI=1S/C14H17FN2/c1-5-12-9(3)13(16-4)10-6-7-11(15)8(2)14(10)17-12/h6-7H,5H2,1-4H3,(H,16,17). The van der Waals surface area contributed by atoms with Crippen LogP contribution in [0.15, 0.2) is 12.1 Å². The third kappa shape index (κ3) is 1.75. The second-order valence-corrected chi connectivity index (χ2v) is 4.23. The van der Waals surface area contributed by atoms with Gasteiger partial charge in [0.05, 0.1) is 5.52 Å². The number of hydrogen-bond donors (Lipinski definition) is 1. The fraction of sp³-hybridized carbons (Fsp3) is 0.357. The van der Waals surface area contributed by atoms with Crippen LogP contribution in [0, 0.1) is 19.7 Å². The molecule has 0 unspecified atom stereocenters. The first-order valence-electron chi connectivity index (χ1n) is 5.86. The minimum absolute atomic E-state index is 0.196. The van der Waals surface area contributed by atoms with E-state index in [4.69, 9.17) is 0 Å². The number of anilines is 1. The molecule has 1 N–H and O–H groups in total. The van der Waals surface area contributed by atoms with E-state index in [1.807, 2.05) is 7.05 Å². The predicted octanol–water partition coefficient (Wildman–Crippen LogP) is 3.59. The lowest BCUT2D eigenvalue weighted by atomic mass is 10.0. The molecule has 2 nitrogen and oxygen atoms in total. The Kier molecular flexibility index (Phi) is 3.01. The van der Waals surface area contributed by atoms with E-state index in [-0.39, 0.29) is 5.82 Å². The van der Waals surface area contributed by atoms with Gasteiger partial charge in [-0.2, -0.15) is 0 Å². The average Bonchev–Trinajstić information content (AvgIpc) is 2.33. The van der Waals surface area contributed by atoms with Gasteiger partial charge in [-0.1, -0.05) is 6.92 Å². The summed E-state index contributed by atoms with van der Waals surface area (Å²) in [6.07, 6.45) is 0.854. The Morgan fingerprint density at radius 2 is 1.94 bits per heavy atom. The molecule has 0 radical (unpaired) electrons. The largest absolute Gasteiger partial charge is 0.387 e. The summed E-state index contributed by atoms with van der Waals surface area (Å²) in [5.41, 5.74) is 4.60. The second kappa shape index (κ2) is 4.32. The number of pyridine rings is 1. The summed E-state index contributed by atoms with van der Waals surface area (Å²) < 4.78 is 13.6. The molecule has 0 aliphatic heterocycles. The molecular formula is C14H17FN2. The van der Waals surface area contributed by atoms with E-state index in [0.717, 1.165) is 34.3 Å². The number of halogens is 1. The fourth-order valence-corrected chi connectivity index (χ4v) is 2.25. The van der Waals surface area contributed by atoms with Crippen molar-refractivity contribution in [2.24, 2.45) is 0 Å². The summed E-state index contributed by atoms with van der Waals surface area (Å²) in [6, 6.07) is 3.30. The molecule has 1 heterocycles. The van der Waals surface area contributed by atoms with Crippen LogP contribution in [0.5, 0.6) is 0 Å². The highest BCUT2D eigenvalue weighted by atomic mass is 19.1. The highest BCUT2D eigenvalue weighted by Gasteiger charge is 2.12. The minimum atomic E-state index is -0.196. The molecular weight excluding hydrogens is 215 g/mol. The molecule has 0 bridgehead atoms. The van der Waals surface area contributed by atoms with Crippen molar-refractivity contribution in [3.8, 4) is 0 Å². The van der Waals surface area contributed by atoms with Gasteiger partial charge in [0.15, 0.2) is 0 Å². The fourth-order valence-electron chi connectivity index (χ4n) is 2.25. The van der Waals surface area contributed by atoms with E-state index in [0.29, 0.717) is 5.56 Å². The van der Waals surface area contributed by atoms with E-state index >= 15 is 0 Å². The molecule has 0 aliphatic rings. The van der Waals surface area contributed by atoms with Crippen LogP contribution in [0.3, 0.4) is 0 Å². The third-order valence-corrected chi connectivity index (χ3v) is 3.27. The SMILES string of the molecule is CCc1nc2c(C)c(F)ccc2c(NC)c1C. The number of aryl methyl sites for hydroxylation is 2. The van der Waals surface area contributed by atoms with Crippen molar-refractivity contribution >= 4 is 16.6 Å². The van der Waals surface area contributed by atoms with Crippen molar-refractivity contribution in [3.63, 3.8) is 0 Å². The Morgan fingerprint density at radius 1 is 1.24 bits per heavy atom. The zero-order chi connectivity index (χ0) is 12.6. The lowest BCUT2D eigenvalue weighted by Gasteiger charge is -2.14. The van der Waals surface area contributed by atoms with Crippen LogP contribution in [0.1, 0.15) is 23.7 Å². The highest BCUT2D eigenvalue weighted by Crippen LogP contribution is 2.30. The maximum absolute atomic E-state index is 13.6. The van der Waals surface area contributed by atoms with Crippen molar-refractivity contribution in [2.45, 2.75) is 27.2 Å².